The van der Waals surface area contributed by atoms with Crippen molar-refractivity contribution in [3.8, 4) is 35.4 Å². The van der Waals surface area contributed by atoms with Crippen molar-refractivity contribution in [3.05, 3.63) is 84.6 Å². The highest BCUT2D eigenvalue weighted by Gasteiger charge is 2.43. The second-order valence-corrected chi connectivity index (χ2v) is 13.7. The molecule has 2 aliphatic heterocycles. The molecule has 0 aliphatic carbocycles. The molecular weight excluding hydrogens is 685 g/mol. The summed E-state index contributed by atoms with van der Waals surface area (Å²) in [6.45, 7) is 6.71. The lowest BCUT2D eigenvalue weighted by atomic mass is 9.96. The first-order chi connectivity index (χ1) is 25.6. The van der Waals surface area contributed by atoms with E-state index in [9.17, 15) is 18.7 Å². The van der Waals surface area contributed by atoms with Crippen LogP contribution in [0.5, 0.6) is 11.8 Å². The number of halogens is 3. The van der Waals surface area contributed by atoms with Gasteiger partial charge in [-0.3, -0.25) is 14.7 Å². The fraction of sp³-hybridized carbons (Fsp3) is 0.333. The molecule has 2 N–H and O–H groups in total. The standard InChI is InChI=1S/C39H37F3N8O3/c1-4-27-30(41)11-10-23-15-26(51)16-28(33(23)27)35-34(42)36-29(18-45-35)37(49-14-7-6-9-25(20-49)46-32(52)5-2)48-38(47-36)53-22-39(3)17-24(40)19-50(39)21-31-43-12-8-13-44-31/h1,5,8,10-13,15-16,18,24-25,51H,2,6-7,9,14,17,19-22H2,3H3,(H,46,52)/t24-,25?,39+/m1/s1. The number of hydrogen-bond donors (Lipinski definition) is 2. The number of carbonyl (C=O) groups is 1. The molecule has 0 bridgehead atoms. The van der Waals surface area contributed by atoms with Gasteiger partial charge in [0.2, 0.25) is 5.91 Å². The predicted octanol–water partition coefficient (Wildman–Crippen LogP) is 5.64. The average molecular weight is 723 g/mol. The van der Waals surface area contributed by atoms with Crippen molar-refractivity contribution < 1.29 is 27.8 Å². The van der Waals surface area contributed by atoms with E-state index in [0.717, 1.165) is 12.8 Å². The maximum atomic E-state index is 17.0. The van der Waals surface area contributed by atoms with E-state index in [2.05, 4.69) is 37.8 Å². The molecule has 53 heavy (non-hydrogen) atoms. The number of ether oxygens (including phenoxy) is 1. The van der Waals surface area contributed by atoms with Crippen molar-refractivity contribution in [2.24, 2.45) is 0 Å². The summed E-state index contributed by atoms with van der Waals surface area (Å²) in [5.74, 6) is 1.14. The van der Waals surface area contributed by atoms with Crippen LogP contribution in [0.3, 0.4) is 0 Å². The molecule has 0 spiro atoms. The number of rotatable bonds is 9. The Hall–Kier alpha value is -5.81. The van der Waals surface area contributed by atoms with Gasteiger partial charge in [0.25, 0.3) is 0 Å². The van der Waals surface area contributed by atoms with Crippen LogP contribution in [0.2, 0.25) is 0 Å². The van der Waals surface area contributed by atoms with Gasteiger partial charge in [0, 0.05) is 61.6 Å². The average Bonchev–Trinajstić information content (AvgIpc) is 3.27. The number of alkyl halides is 1. The van der Waals surface area contributed by atoms with Crippen LogP contribution in [0, 0.1) is 24.0 Å². The number of nitrogens with one attached hydrogen (secondary N) is 1. The largest absolute Gasteiger partial charge is 0.508 e. The Labute approximate surface area is 304 Å². The zero-order chi connectivity index (χ0) is 37.3. The minimum absolute atomic E-state index is 0.0369. The number of carbonyl (C=O) groups excluding carboxylic acids is 1. The first kappa shape index (κ1) is 35.6. The van der Waals surface area contributed by atoms with Crippen molar-refractivity contribution in [2.75, 3.05) is 31.1 Å². The van der Waals surface area contributed by atoms with Gasteiger partial charge in [-0.25, -0.2) is 23.1 Å². The Balaban J connectivity index is 1.33. The predicted molar refractivity (Wildman–Crippen MR) is 194 cm³/mol. The molecule has 5 heterocycles. The molecule has 7 rings (SSSR count). The molecule has 0 radical (unpaired) electrons. The summed E-state index contributed by atoms with van der Waals surface area (Å²) in [7, 11) is 0. The molecule has 1 amide bonds. The van der Waals surface area contributed by atoms with Crippen molar-refractivity contribution in [1.29, 1.82) is 0 Å². The second-order valence-electron chi connectivity index (χ2n) is 13.7. The Morgan fingerprint density at radius 3 is 2.77 bits per heavy atom. The normalized spacial score (nSPS) is 20.6. The van der Waals surface area contributed by atoms with Gasteiger partial charge < -0.3 is 20.1 Å². The smallest absolute Gasteiger partial charge is 0.319 e. The van der Waals surface area contributed by atoms with Crippen molar-refractivity contribution in [3.63, 3.8) is 0 Å². The molecule has 2 fully saturated rings. The molecule has 1 unspecified atom stereocenters. The van der Waals surface area contributed by atoms with E-state index in [1.54, 1.807) is 18.5 Å². The topological polar surface area (TPSA) is 129 Å². The highest BCUT2D eigenvalue weighted by Crippen LogP contribution is 2.39. The van der Waals surface area contributed by atoms with Gasteiger partial charge in [0.15, 0.2) is 5.82 Å². The first-order valence-electron chi connectivity index (χ1n) is 17.3. The number of likely N-dealkylation sites (tertiary alicyclic amines) is 1. The van der Waals surface area contributed by atoms with Crippen molar-refractivity contribution in [2.45, 2.75) is 56.9 Å². The molecule has 3 aromatic heterocycles. The highest BCUT2D eigenvalue weighted by molar-refractivity contribution is 6.03. The molecule has 2 saturated heterocycles. The Morgan fingerprint density at radius 2 is 2.00 bits per heavy atom. The molecule has 272 valence electrons. The monoisotopic (exact) mass is 722 g/mol. The molecule has 2 aliphatic rings. The van der Waals surface area contributed by atoms with Gasteiger partial charge in [-0.05, 0) is 61.9 Å². The van der Waals surface area contributed by atoms with E-state index < -0.39 is 23.3 Å². The number of amides is 1. The fourth-order valence-corrected chi connectivity index (χ4v) is 7.32. The van der Waals surface area contributed by atoms with Crippen LogP contribution in [-0.4, -0.2) is 84.8 Å². The van der Waals surface area contributed by atoms with Crippen LogP contribution < -0.4 is 15.0 Å². The lowest BCUT2D eigenvalue weighted by Crippen LogP contribution is -2.46. The van der Waals surface area contributed by atoms with Crippen molar-refractivity contribution in [1.82, 2.24) is 35.1 Å². The zero-order valence-corrected chi connectivity index (χ0v) is 29.0. The maximum Gasteiger partial charge on any atom is 0.319 e. The number of nitrogens with zero attached hydrogens (tertiary/aromatic N) is 7. The van der Waals surface area contributed by atoms with Gasteiger partial charge in [0.05, 0.1) is 23.0 Å². The van der Waals surface area contributed by atoms with Crippen molar-refractivity contribution >= 4 is 33.4 Å². The van der Waals surface area contributed by atoms with Crippen LogP contribution >= 0.6 is 0 Å². The SMILES string of the molecule is C#Cc1c(F)ccc2cc(O)cc(-c3ncc4c(N5CCCCC(NC(=O)C=C)C5)nc(OC[C@]5(C)C[C@@H](F)CN5Cc5ncccn5)nc4c3F)c12. The third kappa shape index (κ3) is 7.17. The lowest BCUT2D eigenvalue weighted by molar-refractivity contribution is -0.117. The number of phenols is 1. The zero-order valence-electron chi connectivity index (χ0n) is 29.0. The van der Waals surface area contributed by atoms with E-state index >= 15 is 4.39 Å². The number of benzene rings is 2. The van der Waals surface area contributed by atoms with Gasteiger partial charge in [-0.1, -0.05) is 18.6 Å². The summed E-state index contributed by atoms with van der Waals surface area (Å²) in [5.41, 5.74) is -1.21. The molecule has 5 aromatic rings. The number of hydrogen-bond acceptors (Lipinski definition) is 10. The minimum atomic E-state index is -1.12. The number of terminal acetylenes is 1. The Morgan fingerprint density at radius 1 is 1.19 bits per heavy atom. The Kier molecular flexibility index (Phi) is 9.85. The van der Waals surface area contributed by atoms with Gasteiger partial charge in [-0.2, -0.15) is 9.97 Å². The number of pyridine rings is 1. The molecule has 0 saturated carbocycles. The van der Waals surface area contributed by atoms with E-state index in [1.807, 2.05) is 16.7 Å². The van der Waals surface area contributed by atoms with Crippen LogP contribution in [0.4, 0.5) is 19.0 Å². The summed E-state index contributed by atoms with van der Waals surface area (Å²) in [4.78, 5) is 38.5. The lowest BCUT2D eigenvalue weighted by Gasteiger charge is -2.34. The van der Waals surface area contributed by atoms with Gasteiger partial charge in [0.1, 0.15) is 47.2 Å². The number of aromatic hydroxyl groups is 1. The van der Waals surface area contributed by atoms with E-state index in [0.29, 0.717) is 36.5 Å². The molecule has 14 heteroatoms. The quantitative estimate of drug-likeness (QED) is 0.146. The highest BCUT2D eigenvalue weighted by atomic mass is 19.1. The minimum Gasteiger partial charge on any atom is -0.508 e. The summed E-state index contributed by atoms with van der Waals surface area (Å²) in [6, 6.07) is 6.61. The number of aromatic nitrogens is 5. The van der Waals surface area contributed by atoms with Crippen LogP contribution in [-0.2, 0) is 11.3 Å². The van der Waals surface area contributed by atoms with Crippen LogP contribution in [0.25, 0.3) is 32.9 Å². The maximum absolute atomic E-state index is 17.0. The molecule has 11 nitrogen and oxygen atoms in total. The Bertz CT molecular complexity index is 2250. The second kappa shape index (κ2) is 14.7. The molecule has 3 atom stereocenters. The summed E-state index contributed by atoms with van der Waals surface area (Å²) in [6.07, 6.45) is 12.9. The number of fused-ring (bicyclic) bond motifs is 2. The first-order valence-corrected chi connectivity index (χ1v) is 17.3. The summed E-state index contributed by atoms with van der Waals surface area (Å²) >= 11 is 0. The van der Waals surface area contributed by atoms with Crippen LogP contribution in [0.1, 0.15) is 44.0 Å². The van der Waals surface area contributed by atoms with E-state index in [-0.39, 0.29) is 82.9 Å². The number of anilines is 1. The molecule has 2 aromatic carbocycles. The van der Waals surface area contributed by atoms with Gasteiger partial charge in [-0.15, -0.1) is 6.42 Å². The molecular formula is C39H37F3N8O3. The third-order valence-electron chi connectivity index (χ3n) is 9.90. The van der Waals surface area contributed by atoms with Gasteiger partial charge >= 0.3 is 6.01 Å². The van der Waals surface area contributed by atoms with E-state index in [1.165, 1.54) is 36.5 Å². The third-order valence-corrected chi connectivity index (χ3v) is 9.90. The fourth-order valence-electron chi connectivity index (χ4n) is 7.32. The summed E-state index contributed by atoms with van der Waals surface area (Å²) in [5, 5.41) is 14.4. The van der Waals surface area contributed by atoms with E-state index in [4.69, 9.17) is 16.1 Å². The number of phenolic OH excluding ortho intramolecular Hbond substituents is 1. The van der Waals surface area contributed by atoms with Crippen LogP contribution in [0.15, 0.2) is 61.6 Å². The summed E-state index contributed by atoms with van der Waals surface area (Å²) < 4.78 is 53.2.